The normalized spacial score (nSPS) is 10.3. The Morgan fingerprint density at radius 3 is 2.77 bits per heavy atom. The molecule has 2 rings (SSSR count). The lowest BCUT2D eigenvalue weighted by Gasteiger charge is -1.93. The fraction of sp³-hybridized carbons (Fsp3) is 0.125. The topological polar surface area (TPSA) is 51.8 Å². The van der Waals surface area contributed by atoms with Gasteiger partial charge in [-0.2, -0.15) is 4.98 Å². The largest absolute Gasteiger partial charge is 0.331 e. The fourth-order valence-corrected chi connectivity index (χ4v) is 1.21. The van der Waals surface area contributed by atoms with Crippen molar-refractivity contribution in [3.63, 3.8) is 0 Å². The van der Waals surface area contributed by atoms with Gasteiger partial charge < -0.3 is 4.52 Å². The number of nitrogens with zero attached hydrogens (tertiary/aromatic N) is 3. The van der Waals surface area contributed by atoms with E-state index in [1.807, 2.05) is 25.1 Å². The smallest absolute Gasteiger partial charge is 0.277 e. The van der Waals surface area contributed by atoms with Gasteiger partial charge in [-0.05, 0) is 40.1 Å². The van der Waals surface area contributed by atoms with Crippen LogP contribution in [0.4, 0.5) is 0 Å². The van der Waals surface area contributed by atoms with Gasteiger partial charge in [-0.15, -0.1) is 0 Å². The maximum Gasteiger partial charge on any atom is 0.277 e. The van der Waals surface area contributed by atoms with Gasteiger partial charge in [0.25, 0.3) is 5.89 Å². The van der Waals surface area contributed by atoms with Crippen LogP contribution in [0.1, 0.15) is 5.69 Å². The minimum atomic E-state index is 0.426. The summed E-state index contributed by atoms with van der Waals surface area (Å²) in [5, 5.41) is 3.61. The van der Waals surface area contributed by atoms with Crippen LogP contribution < -0.4 is 0 Å². The molecular weight excluding hydrogens is 234 g/mol. The van der Waals surface area contributed by atoms with Gasteiger partial charge in [-0.1, -0.05) is 6.07 Å². The Bertz CT molecular complexity index is 427. The summed E-state index contributed by atoms with van der Waals surface area (Å²) in [5.41, 5.74) is 1.62. The summed E-state index contributed by atoms with van der Waals surface area (Å²) >= 11 is 3.10. The van der Waals surface area contributed by atoms with Crippen LogP contribution in [0.25, 0.3) is 11.6 Å². The van der Waals surface area contributed by atoms with E-state index in [-0.39, 0.29) is 0 Å². The molecule has 0 N–H and O–H groups in total. The molecule has 4 nitrogen and oxygen atoms in total. The van der Waals surface area contributed by atoms with Crippen molar-refractivity contribution in [3.05, 3.63) is 28.6 Å². The lowest BCUT2D eigenvalue weighted by molar-refractivity contribution is 0.425. The number of halogens is 1. The first-order chi connectivity index (χ1) is 6.25. The molecule has 0 amide bonds. The van der Waals surface area contributed by atoms with Crippen LogP contribution in [0, 0.1) is 6.92 Å². The van der Waals surface area contributed by atoms with E-state index < -0.39 is 0 Å². The number of aromatic nitrogens is 3. The van der Waals surface area contributed by atoms with Crippen LogP contribution in [0.3, 0.4) is 0 Å². The van der Waals surface area contributed by atoms with E-state index in [0.717, 1.165) is 5.69 Å². The van der Waals surface area contributed by atoms with Crippen LogP contribution in [0.5, 0.6) is 0 Å². The monoisotopic (exact) mass is 239 g/mol. The molecule has 0 spiro atoms. The standard InChI is InChI=1S/C8H6BrN3O/c1-5-3-2-4-6(10-5)7-11-8(9)12-13-7/h2-4H,1H3. The van der Waals surface area contributed by atoms with Gasteiger partial charge in [-0.25, -0.2) is 4.98 Å². The second-order valence-electron chi connectivity index (χ2n) is 2.53. The molecule has 5 heteroatoms. The van der Waals surface area contributed by atoms with Crippen molar-refractivity contribution < 1.29 is 4.52 Å². The summed E-state index contributed by atoms with van der Waals surface area (Å²) in [7, 11) is 0. The Kier molecular flexibility index (Phi) is 2.10. The van der Waals surface area contributed by atoms with Crippen molar-refractivity contribution in [1.29, 1.82) is 0 Å². The maximum absolute atomic E-state index is 4.93. The average molecular weight is 240 g/mol. The number of pyridine rings is 1. The fourth-order valence-electron chi connectivity index (χ4n) is 0.972. The minimum Gasteiger partial charge on any atom is -0.331 e. The van der Waals surface area contributed by atoms with Gasteiger partial charge in [0, 0.05) is 5.69 Å². The zero-order valence-corrected chi connectivity index (χ0v) is 8.45. The summed E-state index contributed by atoms with van der Waals surface area (Å²) in [6, 6.07) is 5.64. The van der Waals surface area contributed by atoms with Crippen molar-refractivity contribution in [1.82, 2.24) is 15.1 Å². The van der Waals surface area contributed by atoms with E-state index in [2.05, 4.69) is 31.1 Å². The average Bonchev–Trinajstić information content (AvgIpc) is 2.52. The van der Waals surface area contributed by atoms with Crippen LogP contribution in [-0.4, -0.2) is 15.1 Å². The molecule has 0 radical (unpaired) electrons. The van der Waals surface area contributed by atoms with Crippen molar-refractivity contribution in [2.24, 2.45) is 0 Å². The Morgan fingerprint density at radius 1 is 1.31 bits per heavy atom. The molecule has 0 saturated heterocycles. The molecular formula is C8H6BrN3O. The second-order valence-corrected chi connectivity index (χ2v) is 3.24. The van der Waals surface area contributed by atoms with Crippen LogP contribution >= 0.6 is 15.9 Å². The third-order valence-electron chi connectivity index (χ3n) is 1.51. The van der Waals surface area contributed by atoms with E-state index in [1.165, 1.54) is 0 Å². The Morgan fingerprint density at radius 2 is 2.15 bits per heavy atom. The second kappa shape index (κ2) is 3.26. The molecule has 0 unspecified atom stereocenters. The van der Waals surface area contributed by atoms with E-state index >= 15 is 0 Å². The molecule has 0 atom stereocenters. The van der Waals surface area contributed by atoms with Crippen LogP contribution in [0.2, 0.25) is 0 Å². The SMILES string of the molecule is Cc1cccc(-c2nc(Br)no2)n1. The highest BCUT2D eigenvalue weighted by Crippen LogP contribution is 2.16. The third kappa shape index (κ3) is 1.75. The Hall–Kier alpha value is -1.23. The first-order valence-electron chi connectivity index (χ1n) is 3.69. The molecule has 0 aliphatic carbocycles. The molecule has 0 aliphatic rings. The Labute approximate surface area is 83.1 Å². The predicted octanol–water partition coefficient (Wildman–Crippen LogP) is 2.20. The number of hydrogen-bond donors (Lipinski definition) is 0. The first kappa shape index (κ1) is 8.37. The summed E-state index contributed by atoms with van der Waals surface area (Å²) < 4.78 is 5.37. The molecule has 0 aromatic carbocycles. The quantitative estimate of drug-likeness (QED) is 0.766. The number of hydrogen-bond acceptors (Lipinski definition) is 4. The molecule has 66 valence electrons. The summed E-state index contributed by atoms with van der Waals surface area (Å²) in [5.74, 6) is 0.426. The third-order valence-corrected chi connectivity index (χ3v) is 1.83. The maximum atomic E-state index is 4.93. The zero-order chi connectivity index (χ0) is 9.26. The van der Waals surface area contributed by atoms with Crippen molar-refractivity contribution in [2.45, 2.75) is 6.92 Å². The molecule has 13 heavy (non-hydrogen) atoms. The summed E-state index contributed by atoms with van der Waals surface area (Å²) in [6.45, 7) is 1.91. The molecule has 2 heterocycles. The predicted molar refractivity (Wildman–Crippen MR) is 50.0 cm³/mol. The first-order valence-corrected chi connectivity index (χ1v) is 4.48. The molecule has 0 fully saturated rings. The van der Waals surface area contributed by atoms with Crippen molar-refractivity contribution in [2.75, 3.05) is 0 Å². The lowest BCUT2D eigenvalue weighted by atomic mass is 10.3. The zero-order valence-electron chi connectivity index (χ0n) is 6.86. The molecule has 2 aromatic rings. The van der Waals surface area contributed by atoms with Gasteiger partial charge in [-0.3, -0.25) is 0 Å². The van der Waals surface area contributed by atoms with Crippen molar-refractivity contribution >= 4 is 15.9 Å². The Balaban J connectivity index is 2.46. The highest BCUT2D eigenvalue weighted by molar-refractivity contribution is 9.10. The van der Waals surface area contributed by atoms with Crippen molar-refractivity contribution in [3.8, 4) is 11.6 Å². The highest BCUT2D eigenvalue weighted by Gasteiger charge is 2.07. The van der Waals surface area contributed by atoms with E-state index in [0.29, 0.717) is 16.3 Å². The number of aryl methyl sites for hydroxylation is 1. The summed E-state index contributed by atoms with van der Waals surface area (Å²) in [4.78, 5) is 8.24. The lowest BCUT2D eigenvalue weighted by Crippen LogP contribution is -1.85. The van der Waals surface area contributed by atoms with Crippen LogP contribution in [0.15, 0.2) is 27.5 Å². The van der Waals surface area contributed by atoms with E-state index in [9.17, 15) is 0 Å². The molecule has 0 bridgehead atoms. The van der Waals surface area contributed by atoms with Gasteiger partial charge in [0.1, 0.15) is 5.69 Å². The van der Waals surface area contributed by atoms with Gasteiger partial charge >= 0.3 is 0 Å². The van der Waals surface area contributed by atoms with E-state index in [1.54, 1.807) is 0 Å². The van der Waals surface area contributed by atoms with Gasteiger partial charge in [0.2, 0.25) is 4.73 Å². The molecule has 2 aromatic heterocycles. The van der Waals surface area contributed by atoms with Gasteiger partial charge in [0.15, 0.2) is 0 Å². The molecule has 0 saturated carbocycles. The number of rotatable bonds is 1. The molecule has 0 aliphatic heterocycles. The minimum absolute atomic E-state index is 0.426. The highest BCUT2D eigenvalue weighted by atomic mass is 79.9. The van der Waals surface area contributed by atoms with Gasteiger partial charge in [0.05, 0.1) is 0 Å². The summed E-state index contributed by atoms with van der Waals surface area (Å²) in [6.07, 6.45) is 0. The van der Waals surface area contributed by atoms with E-state index in [4.69, 9.17) is 4.52 Å². The van der Waals surface area contributed by atoms with Crippen LogP contribution in [-0.2, 0) is 0 Å².